The van der Waals surface area contributed by atoms with Gasteiger partial charge in [0.1, 0.15) is 5.39 Å². The summed E-state index contributed by atoms with van der Waals surface area (Å²) in [7, 11) is 1.61. The van der Waals surface area contributed by atoms with Gasteiger partial charge in [0, 0.05) is 12.7 Å². The Labute approximate surface area is 190 Å². The normalized spacial score (nSPS) is 10.9. The van der Waals surface area contributed by atoms with Gasteiger partial charge in [-0.2, -0.15) is 4.98 Å². The minimum atomic E-state index is -0.551. The highest BCUT2D eigenvalue weighted by molar-refractivity contribution is 5.73. The largest absolute Gasteiger partial charge is 0.493 e. The van der Waals surface area contributed by atoms with Crippen LogP contribution in [0.1, 0.15) is 18.1 Å². The molecule has 2 N–H and O–H groups in total. The zero-order valence-electron chi connectivity index (χ0n) is 18.7. The molecule has 33 heavy (non-hydrogen) atoms. The molecule has 0 atom stereocenters. The molecule has 9 nitrogen and oxygen atoms in total. The molecule has 0 fully saturated rings. The van der Waals surface area contributed by atoms with Crippen LogP contribution >= 0.6 is 0 Å². The van der Waals surface area contributed by atoms with Crippen LogP contribution in [0.3, 0.4) is 0 Å². The van der Waals surface area contributed by atoms with Gasteiger partial charge in [-0.25, -0.2) is 14.3 Å². The summed E-state index contributed by atoms with van der Waals surface area (Å²) in [6.45, 7) is 4.92. The molecule has 4 rings (SSSR count). The smallest absolute Gasteiger partial charge is 0.334 e. The molecular formula is C24H25N5O4. The third kappa shape index (κ3) is 4.72. The average Bonchev–Trinajstić information content (AvgIpc) is 2.79. The SMILES string of the molecule is CCOc1cc(CCNc2ncc3c(=O)n(-c4cccc(C)c4)c(=O)[nH]c3n2)ccc1OC. The second kappa shape index (κ2) is 9.56. The van der Waals surface area contributed by atoms with Crippen LogP contribution in [0.4, 0.5) is 5.95 Å². The van der Waals surface area contributed by atoms with Gasteiger partial charge < -0.3 is 14.8 Å². The number of nitrogens with zero attached hydrogens (tertiary/aromatic N) is 3. The number of aromatic amines is 1. The number of ether oxygens (including phenoxy) is 2. The first-order chi connectivity index (χ1) is 16.0. The van der Waals surface area contributed by atoms with E-state index in [0.717, 1.165) is 15.7 Å². The molecular weight excluding hydrogens is 422 g/mol. The fraction of sp³-hybridized carbons (Fsp3) is 0.250. The first-order valence-corrected chi connectivity index (χ1v) is 10.6. The number of aryl methyl sites for hydroxylation is 1. The quantitative estimate of drug-likeness (QED) is 0.427. The van der Waals surface area contributed by atoms with Gasteiger partial charge in [0.05, 0.1) is 19.4 Å². The Morgan fingerprint density at radius 1 is 1.12 bits per heavy atom. The summed E-state index contributed by atoms with van der Waals surface area (Å²) in [5.74, 6) is 1.71. The Morgan fingerprint density at radius 2 is 1.97 bits per heavy atom. The highest BCUT2D eigenvalue weighted by Crippen LogP contribution is 2.28. The molecule has 2 heterocycles. The number of anilines is 1. The number of H-pyrrole nitrogens is 1. The van der Waals surface area contributed by atoms with Crippen molar-refractivity contribution in [2.75, 3.05) is 25.6 Å². The number of nitrogens with one attached hydrogen (secondary N) is 2. The van der Waals surface area contributed by atoms with Crippen LogP contribution in [-0.4, -0.2) is 39.8 Å². The summed E-state index contributed by atoms with van der Waals surface area (Å²) in [5.41, 5.74) is 1.67. The Hall–Kier alpha value is -4.14. The van der Waals surface area contributed by atoms with Gasteiger partial charge in [-0.05, 0) is 55.7 Å². The fourth-order valence-corrected chi connectivity index (χ4v) is 3.55. The van der Waals surface area contributed by atoms with Crippen molar-refractivity contribution in [3.63, 3.8) is 0 Å². The summed E-state index contributed by atoms with van der Waals surface area (Å²) in [5, 5.41) is 3.37. The number of fused-ring (bicyclic) bond motifs is 1. The monoisotopic (exact) mass is 447 g/mol. The predicted octanol–water partition coefficient (Wildman–Crippen LogP) is 2.84. The summed E-state index contributed by atoms with van der Waals surface area (Å²) in [6, 6.07) is 13.0. The first kappa shape index (κ1) is 22.1. The maximum Gasteiger partial charge on any atom is 0.334 e. The lowest BCUT2D eigenvalue weighted by atomic mass is 10.1. The van der Waals surface area contributed by atoms with E-state index in [1.165, 1.54) is 6.20 Å². The Balaban J connectivity index is 1.53. The first-order valence-electron chi connectivity index (χ1n) is 10.6. The molecule has 2 aromatic heterocycles. The molecule has 0 saturated carbocycles. The van der Waals surface area contributed by atoms with Gasteiger partial charge in [-0.1, -0.05) is 18.2 Å². The van der Waals surface area contributed by atoms with Crippen molar-refractivity contribution in [3.05, 3.63) is 80.6 Å². The minimum absolute atomic E-state index is 0.189. The molecule has 0 aliphatic carbocycles. The maximum absolute atomic E-state index is 12.9. The van der Waals surface area contributed by atoms with Crippen LogP contribution in [0.5, 0.6) is 11.5 Å². The molecule has 4 aromatic rings. The molecule has 0 unspecified atom stereocenters. The molecule has 0 saturated heterocycles. The summed E-state index contributed by atoms with van der Waals surface area (Å²) in [6.07, 6.45) is 2.12. The van der Waals surface area contributed by atoms with E-state index >= 15 is 0 Å². The highest BCUT2D eigenvalue weighted by Gasteiger charge is 2.12. The number of rotatable bonds is 8. The lowest BCUT2D eigenvalue weighted by Crippen LogP contribution is -2.34. The zero-order valence-corrected chi connectivity index (χ0v) is 18.7. The second-order valence-corrected chi connectivity index (χ2v) is 7.46. The van der Waals surface area contributed by atoms with Crippen molar-refractivity contribution < 1.29 is 9.47 Å². The fourth-order valence-electron chi connectivity index (χ4n) is 3.55. The van der Waals surface area contributed by atoms with Gasteiger partial charge >= 0.3 is 5.69 Å². The molecule has 0 aliphatic heterocycles. The number of benzene rings is 2. The van der Waals surface area contributed by atoms with Crippen molar-refractivity contribution in [3.8, 4) is 17.2 Å². The maximum atomic E-state index is 12.9. The average molecular weight is 447 g/mol. The predicted molar refractivity (Wildman–Crippen MR) is 127 cm³/mol. The number of aromatic nitrogens is 4. The number of hydrogen-bond acceptors (Lipinski definition) is 7. The number of hydrogen-bond donors (Lipinski definition) is 2. The zero-order chi connectivity index (χ0) is 23.4. The lowest BCUT2D eigenvalue weighted by Gasteiger charge is -2.11. The van der Waals surface area contributed by atoms with Gasteiger partial charge in [-0.15, -0.1) is 0 Å². The molecule has 0 radical (unpaired) electrons. The van der Waals surface area contributed by atoms with E-state index in [1.54, 1.807) is 25.3 Å². The third-order valence-electron chi connectivity index (χ3n) is 5.14. The second-order valence-electron chi connectivity index (χ2n) is 7.46. The van der Waals surface area contributed by atoms with Crippen LogP contribution in [0.15, 0.2) is 58.3 Å². The van der Waals surface area contributed by atoms with E-state index in [1.807, 2.05) is 38.1 Å². The van der Waals surface area contributed by atoms with E-state index in [0.29, 0.717) is 42.7 Å². The van der Waals surface area contributed by atoms with E-state index in [4.69, 9.17) is 9.47 Å². The van der Waals surface area contributed by atoms with Crippen LogP contribution in [0.2, 0.25) is 0 Å². The molecule has 2 aromatic carbocycles. The summed E-state index contributed by atoms with van der Waals surface area (Å²) < 4.78 is 12.0. The third-order valence-corrected chi connectivity index (χ3v) is 5.14. The van der Waals surface area contributed by atoms with E-state index in [2.05, 4.69) is 20.3 Å². The van der Waals surface area contributed by atoms with Gasteiger partial charge in [0.2, 0.25) is 5.95 Å². The molecule has 0 aliphatic rings. The van der Waals surface area contributed by atoms with Crippen molar-refractivity contribution in [2.45, 2.75) is 20.3 Å². The van der Waals surface area contributed by atoms with Crippen LogP contribution in [0, 0.1) is 6.92 Å². The lowest BCUT2D eigenvalue weighted by molar-refractivity contribution is 0.310. The Kier molecular flexibility index (Phi) is 6.39. The van der Waals surface area contributed by atoms with Gasteiger partial charge in [0.25, 0.3) is 5.56 Å². The van der Waals surface area contributed by atoms with Crippen LogP contribution in [-0.2, 0) is 6.42 Å². The molecule has 0 bridgehead atoms. The van der Waals surface area contributed by atoms with Crippen molar-refractivity contribution in [1.29, 1.82) is 0 Å². The number of methoxy groups -OCH3 is 1. The summed E-state index contributed by atoms with van der Waals surface area (Å²) in [4.78, 5) is 36.8. The van der Waals surface area contributed by atoms with E-state index in [9.17, 15) is 9.59 Å². The molecule has 0 amide bonds. The molecule has 9 heteroatoms. The van der Waals surface area contributed by atoms with E-state index in [-0.39, 0.29) is 11.0 Å². The van der Waals surface area contributed by atoms with Gasteiger partial charge in [0.15, 0.2) is 17.1 Å². The standard InChI is InChI=1S/C24H25N5O4/c1-4-33-20-13-16(8-9-19(20)32-3)10-11-25-23-26-14-18-21(27-23)28-24(31)29(22(18)30)17-7-5-6-15(2)12-17/h5-9,12-14H,4,10-11H2,1-3H3,(H2,25,26,27,28,31). The van der Waals surface area contributed by atoms with Gasteiger partial charge in [-0.3, -0.25) is 9.78 Å². The van der Waals surface area contributed by atoms with E-state index < -0.39 is 11.2 Å². The Bertz CT molecular complexity index is 1410. The minimum Gasteiger partial charge on any atom is -0.493 e. The highest BCUT2D eigenvalue weighted by atomic mass is 16.5. The molecule has 170 valence electrons. The Morgan fingerprint density at radius 3 is 2.73 bits per heavy atom. The topological polar surface area (TPSA) is 111 Å². The van der Waals surface area contributed by atoms with Crippen LogP contribution < -0.4 is 26.0 Å². The summed E-state index contributed by atoms with van der Waals surface area (Å²) >= 11 is 0. The van der Waals surface area contributed by atoms with Crippen molar-refractivity contribution in [1.82, 2.24) is 19.5 Å². The van der Waals surface area contributed by atoms with Crippen LogP contribution in [0.25, 0.3) is 16.7 Å². The van der Waals surface area contributed by atoms with Crippen molar-refractivity contribution >= 4 is 17.0 Å². The molecule has 0 spiro atoms. The van der Waals surface area contributed by atoms with Crippen molar-refractivity contribution in [2.24, 2.45) is 0 Å².